The van der Waals surface area contributed by atoms with E-state index in [0.29, 0.717) is 6.04 Å². The third-order valence-electron chi connectivity index (χ3n) is 5.98. The molecule has 0 unspecified atom stereocenters. The Morgan fingerprint density at radius 2 is 1.92 bits per heavy atom. The second-order valence-electron chi connectivity index (χ2n) is 7.27. The Morgan fingerprint density at radius 1 is 1.12 bits per heavy atom. The summed E-state index contributed by atoms with van der Waals surface area (Å²) in [7, 11) is 0. The fourth-order valence-corrected chi connectivity index (χ4v) is 6.49. The zero-order valence-corrected chi connectivity index (χ0v) is 15.1. The Morgan fingerprint density at radius 3 is 2.71 bits per heavy atom. The second-order valence-corrected chi connectivity index (χ2v) is 8.32. The Hall–Kier alpha value is -1.87. The molecule has 122 valence electrons. The normalized spacial score (nSPS) is 21.8. The van der Waals surface area contributed by atoms with Crippen LogP contribution in [0.4, 0.5) is 5.69 Å². The van der Waals surface area contributed by atoms with Crippen molar-refractivity contribution in [3.8, 4) is 0 Å². The maximum atomic E-state index is 4.75. The number of para-hydroxylation sites is 1. The Kier molecular flexibility index (Phi) is 3.05. The number of thiophene rings is 1. The quantitative estimate of drug-likeness (QED) is 0.546. The van der Waals surface area contributed by atoms with Gasteiger partial charge in [-0.05, 0) is 50.5 Å². The lowest BCUT2D eigenvalue weighted by atomic mass is 9.94. The minimum atomic E-state index is 0.187. The molecule has 1 atom stereocenters. The number of fused-ring (bicyclic) bond motifs is 4. The average molecular weight is 334 g/mol. The molecular formula is C21H22N2S. The van der Waals surface area contributed by atoms with E-state index >= 15 is 0 Å². The molecule has 1 saturated carbocycles. The molecule has 24 heavy (non-hydrogen) atoms. The standard InChI is InChI=1S/C21H22N2S/c1-14-8-3-4-9-16(14)23-15(2)18-19-17(10-7-13-22-19)24-20(18)21(23)11-5-6-12-21/h3-4,7-10,13,15H,5-6,11-12H2,1-2H3/t15-/m0/s1. The number of anilines is 1. The number of hydrogen-bond acceptors (Lipinski definition) is 3. The molecule has 0 bridgehead atoms. The molecule has 2 aromatic heterocycles. The van der Waals surface area contributed by atoms with E-state index in [1.807, 2.05) is 17.5 Å². The molecule has 5 rings (SSSR count). The van der Waals surface area contributed by atoms with Crippen LogP contribution in [0.1, 0.15) is 54.7 Å². The molecule has 3 aromatic rings. The van der Waals surface area contributed by atoms with Crippen LogP contribution in [0.25, 0.3) is 10.2 Å². The number of benzene rings is 1. The summed E-state index contributed by atoms with van der Waals surface area (Å²) in [6.07, 6.45) is 7.14. The van der Waals surface area contributed by atoms with Crippen LogP contribution in [0.5, 0.6) is 0 Å². The minimum absolute atomic E-state index is 0.187. The largest absolute Gasteiger partial charge is 0.354 e. The number of rotatable bonds is 1. The first kappa shape index (κ1) is 14.5. The fraction of sp³-hybridized carbons (Fsp3) is 0.381. The summed E-state index contributed by atoms with van der Waals surface area (Å²) in [5, 5.41) is 0. The van der Waals surface area contributed by atoms with Crippen LogP contribution in [0.2, 0.25) is 0 Å². The van der Waals surface area contributed by atoms with E-state index in [2.05, 4.69) is 55.1 Å². The van der Waals surface area contributed by atoms with Crippen molar-refractivity contribution in [2.75, 3.05) is 4.90 Å². The molecule has 0 N–H and O–H groups in total. The summed E-state index contributed by atoms with van der Waals surface area (Å²) in [5.74, 6) is 0. The van der Waals surface area contributed by atoms with Gasteiger partial charge in [-0.25, -0.2) is 0 Å². The van der Waals surface area contributed by atoms with E-state index in [4.69, 9.17) is 4.98 Å². The van der Waals surface area contributed by atoms with Crippen LogP contribution >= 0.6 is 11.3 Å². The molecule has 1 aliphatic carbocycles. The molecule has 0 radical (unpaired) electrons. The topological polar surface area (TPSA) is 16.1 Å². The first-order valence-electron chi connectivity index (χ1n) is 8.95. The van der Waals surface area contributed by atoms with Crippen molar-refractivity contribution < 1.29 is 0 Å². The van der Waals surface area contributed by atoms with E-state index in [0.717, 1.165) is 0 Å². The molecule has 0 amide bonds. The van der Waals surface area contributed by atoms with Crippen molar-refractivity contribution >= 4 is 27.2 Å². The number of pyridine rings is 1. The van der Waals surface area contributed by atoms with Gasteiger partial charge in [0.25, 0.3) is 0 Å². The molecular weight excluding hydrogens is 312 g/mol. The highest BCUT2D eigenvalue weighted by Crippen LogP contribution is 2.60. The van der Waals surface area contributed by atoms with Crippen LogP contribution in [0, 0.1) is 6.92 Å². The monoisotopic (exact) mass is 334 g/mol. The molecule has 2 nitrogen and oxygen atoms in total. The van der Waals surface area contributed by atoms with Gasteiger partial charge in [-0.15, -0.1) is 11.3 Å². The predicted molar refractivity (Wildman–Crippen MR) is 102 cm³/mol. The van der Waals surface area contributed by atoms with E-state index < -0.39 is 0 Å². The predicted octanol–water partition coefficient (Wildman–Crippen LogP) is 5.96. The van der Waals surface area contributed by atoms with Gasteiger partial charge in [-0.2, -0.15) is 0 Å². The van der Waals surface area contributed by atoms with Crippen molar-refractivity contribution in [3.05, 3.63) is 58.6 Å². The smallest absolute Gasteiger partial charge is 0.0866 e. The van der Waals surface area contributed by atoms with Gasteiger partial charge in [-0.1, -0.05) is 31.0 Å². The lowest BCUT2D eigenvalue weighted by Gasteiger charge is -2.41. The second kappa shape index (κ2) is 5.06. The summed E-state index contributed by atoms with van der Waals surface area (Å²) < 4.78 is 1.35. The van der Waals surface area contributed by atoms with Crippen molar-refractivity contribution in [1.82, 2.24) is 4.98 Å². The van der Waals surface area contributed by atoms with Gasteiger partial charge in [0.05, 0.1) is 21.8 Å². The molecule has 2 aliphatic rings. The zero-order valence-electron chi connectivity index (χ0n) is 14.2. The minimum Gasteiger partial charge on any atom is -0.354 e. The Bertz CT molecular complexity index is 920. The number of aromatic nitrogens is 1. The molecule has 1 aromatic carbocycles. The fourth-order valence-electron chi connectivity index (χ4n) is 4.99. The van der Waals surface area contributed by atoms with Gasteiger partial charge in [0.2, 0.25) is 0 Å². The maximum absolute atomic E-state index is 4.75. The average Bonchev–Trinajstić information content (AvgIpc) is 3.26. The van der Waals surface area contributed by atoms with E-state index in [9.17, 15) is 0 Å². The first-order chi connectivity index (χ1) is 11.7. The Balaban J connectivity index is 1.79. The first-order valence-corrected chi connectivity index (χ1v) is 9.77. The van der Waals surface area contributed by atoms with Crippen molar-refractivity contribution in [2.45, 2.75) is 51.1 Å². The number of hydrogen-bond donors (Lipinski definition) is 0. The van der Waals surface area contributed by atoms with E-state index in [1.54, 1.807) is 4.88 Å². The van der Waals surface area contributed by atoms with Gasteiger partial charge in [-0.3, -0.25) is 4.98 Å². The van der Waals surface area contributed by atoms with E-state index in [-0.39, 0.29) is 5.54 Å². The highest BCUT2D eigenvalue weighted by molar-refractivity contribution is 7.19. The van der Waals surface area contributed by atoms with Gasteiger partial charge >= 0.3 is 0 Å². The molecule has 1 aliphatic heterocycles. The number of aryl methyl sites for hydroxylation is 1. The molecule has 1 fully saturated rings. The van der Waals surface area contributed by atoms with Crippen LogP contribution in [-0.4, -0.2) is 4.98 Å². The van der Waals surface area contributed by atoms with Crippen molar-refractivity contribution in [3.63, 3.8) is 0 Å². The van der Waals surface area contributed by atoms with Crippen LogP contribution in [0.15, 0.2) is 42.6 Å². The molecule has 3 heterocycles. The van der Waals surface area contributed by atoms with Gasteiger partial charge < -0.3 is 4.90 Å². The van der Waals surface area contributed by atoms with Crippen LogP contribution < -0.4 is 4.90 Å². The molecule has 0 saturated heterocycles. The van der Waals surface area contributed by atoms with Crippen molar-refractivity contribution in [2.24, 2.45) is 0 Å². The van der Waals surface area contributed by atoms with Crippen molar-refractivity contribution in [1.29, 1.82) is 0 Å². The summed E-state index contributed by atoms with van der Waals surface area (Å²) in [6, 6.07) is 13.6. The third kappa shape index (κ3) is 1.74. The van der Waals surface area contributed by atoms with Crippen LogP contribution in [0.3, 0.4) is 0 Å². The molecule has 3 heteroatoms. The Labute approximate surface area is 147 Å². The number of nitrogens with zero attached hydrogens (tertiary/aromatic N) is 2. The summed E-state index contributed by atoms with van der Waals surface area (Å²) in [5.41, 5.74) is 5.68. The SMILES string of the molecule is Cc1ccccc1N1[C@@H](C)c2c(sc3cccnc23)C12CCCC2. The summed E-state index contributed by atoms with van der Waals surface area (Å²) in [6.45, 7) is 4.62. The highest BCUT2D eigenvalue weighted by Gasteiger charge is 2.52. The third-order valence-corrected chi connectivity index (χ3v) is 7.33. The summed E-state index contributed by atoms with van der Waals surface area (Å²) in [4.78, 5) is 9.07. The van der Waals surface area contributed by atoms with Gasteiger partial charge in [0, 0.05) is 22.3 Å². The van der Waals surface area contributed by atoms with E-state index in [1.165, 1.54) is 52.7 Å². The lowest BCUT2D eigenvalue weighted by molar-refractivity contribution is 0.421. The zero-order chi connectivity index (χ0) is 16.3. The van der Waals surface area contributed by atoms with Crippen LogP contribution in [-0.2, 0) is 5.54 Å². The highest BCUT2D eigenvalue weighted by atomic mass is 32.1. The summed E-state index contributed by atoms with van der Waals surface area (Å²) >= 11 is 1.99. The lowest BCUT2D eigenvalue weighted by Crippen LogP contribution is -2.40. The maximum Gasteiger partial charge on any atom is 0.0866 e. The van der Waals surface area contributed by atoms with Gasteiger partial charge in [0.1, 0.15) is 0 Å². The molecule has 1 spiro atoms. The van der Waals surface area contributed by atoms with Gasteiger partial charge in [0.15, 0.2) is 0 Å².